The average Bonchev–Trinajstić information content (AvgIpc) is 3.06. The molecule has 0 bridgehead atoms. The van der Waals surface area contributed by atoms with Gasteiger partial charge in [0.1, 0.15) is 12.1 Å². The van der Waals surface area contributed by atoms with Crippen LogP contribution in [-0.2, 0) is 4.74 Å². The molecule has 0 saturated carbocycles. The fraction of sp³-hybridized carbons (Fsp3) is 0.235. The minimum atomic E-state index is -0.343. The summed E-state index contributed by atoms with van der Waals surface area (Å²) in [5.41, 5.74) is 1.18. The van der Waals surface area contributed by atoms with E-state index in [0.717, 1.165) is 18.6 Å². The number of aromatic nitrogens is 3. The molecule has 2 aromatic heterocycles. The second-order valence-electron chi connectivity index (χ2n) is 5.02. The van der Waals surface area contributed by atoms with E-state index in [0.29, 0.717) is 24.4 Å². The highest BCUT2D eigenvalue weighted by Gasteiger charge is 2.08. The summed E-state index contributed by atoms with van der Waals surface area (Å²) in [7, 11) is 0. The average molecular weight is 311 g/mol. The number of carbonyl (C=O) groups excluding carboxylic acids is 1. The third-order valence-corrected chi connectivity index (χ3v) is 3.31. The van der Waals surface area contributed by atoms with Crippen LogP contribution >= 0.6 is 0 Å². The van der Waals surface area contributed by atoms with Gasteiger partial charge in [0.05, 0.1) is 18.8 Å². The molecule has 0 spiro atoms. The van der Waals surface area contributed by atoms with Crippen LogP contribution in [0, 0.1) is 0 Å². The summed E-state index contributed by atoms with van der Waals surface area (Å²) in [6.45, 7) is 0.978. The maximum atomic E-state index is 12.0. The van der Waals surface area contributed by atoms with Crippen LogP contribution in [0.5, 0.6) is 5.75 Å². The number of unbranched alkanes of at least 4 members (excludes halogenated alkanes) is 1. The molecule has 0 amide bonds. The molecule has 0 atom stereocenters. The second-order valence-corrected chi connectivity index (χ2v) is 5.02. The molecular formula is C17H17N3O3. The molecule has 3 aromatic rings. The van der Waals surface area contributed by atoms with Crippen molar-refractivity contribution >= 4 is 11.6 Å². The van der Waals surface area contributed by atoms with E-state index >= 15 is 0 Å². The maximum absolute atomic E-state index is 12.0. The Morgan fingerprint density at radius 1 is 1.04 bits per heavy atom. The van der Waals surface area contributed by atoms with E-state index in [1.807, 2.05) is 30.3 Å². The van der Waals surface area contributed by atoms with Gasteiger partial charge in [-0.25, -0.2) is 4.79 Å². The molecule has 0 radical (unpaired) electrons. The number of pyridine rings is 1. The van der Waals surface area contributed by atoms with Gasteiger partial charge in [-0.1, -0.05) is 18.2 Å². The van der Waals surface area contributed by atoms with Gasteiger partial charge in [0.25, 0.3) is 0 Å². The summed E-state index contributed by atoms with van der Waals surface area (Å²) < 4.78 is 12.5. The Balaban J connectivity index is 1.37. The first-order valence-corrected chi connectivity index (χ1v) is 7.47. The normalized spacial score (nSPS) is 10.6. The number of carbonyl (C=O) groups is 1. The van der Waals surface area contributed by atoms with Gasteiger partial charge in [0.15, 0.2) is 5.65 Å². The molecular weight excluding hydrogens is 294 g/mol. The number of rotatable bonds is 7. The van der Waals surface area contributed by atoms with E-state index in [4.69, 9.17) is 9.47 Å². The number of esters is 1. The van der Waals surface area contributed by atoms with Gasteiger partial charge in [0, 0.05) is 6.20 Å². The molecule has 3 rings (SSSR count). The zero-order valence-corrected chi connectivity index (χ0v) is 12.6. The molecule has 118 valence electrons. The van der Waals surface area contributed by atoms with Crippen molar-refractivity contribution in [3.05, 3.63) is 60.6 Å². The summed E-state index contributed by atoms with van der Waals surface area (Å²) in [5.74, 6) is 0.510. The van der Waals surface area contributed by atoms with Crippen LogP contribution < -0.4 is 4.74 Å². The second kappa shape index (κ2) is 7.40. The lowest BCUT2D eigenvalue weighted by molar-refractivity contribution is 0.0493. The van der Waals surface area contributed by atoms with Crippen LogP contribution in [0.1, 0.15) is 23.2 Å². The summed E-state index contributed by atoms with van der Waals surface area (Å²) in [5, 5.41) is 7.66. The van der Waals surface area contributed by atoms with Crippen molar-refractivity contribution < 1.29 is 14.3 Å². The number of nitrogens with zero attached hydrogens (tertiary/aromatic N) is 3. The molecule has 0 aliphatic rings. The zero-order chi connectivity index (χ0) is 15.9. The highest BCUT2D eigenvalue weighted by Crippen LogP contribution is 2.09. The zero-order valence-electron chi connectivity index (χ0n) is 12.6. The SMILES string of the molecule is O=C(OCCCCOc1ccccc1)c1ccc2nncn2c1. The Hall–Kier alpha value is -2.89. The number of para-hydroxylation sites is 1. The standard InChI is InChI=1S/C17H17N3O3/c21-17(14-8-9-16-19-18-13-20(16)12-14)23-11-5-4-10-22-15-6-2-1-3-7-15/h1-3,6-9,12-13H,4-5,10-11H2. The first-order valence-electron chi connectivity index (χ1n) is 7.47. The number of hydrogen-bond donors (Lipinski definition) is 0. The smallest absolute Gasteiger partial charge is 0.339 e. The molecule has 23 heavy (non-hydrogen) atoms. The van der Waals surface area contributed by atoms with Crippen LogP contribution in [0.15, 0.2) is 55.0 Å². The summed E-state index contributed by atoms with van der Waals surface area (Å²) in [6, 6.07) is 13.1. The van der Waals surface area contributed by atoms with Crippen molar-refractivity contribution in [2.45, 2.75) is 12.8 Å². The molecule has 6 heteroatoms. The first-order chi connectivity index (χ1) is 11.3. The highest BCUT2D eigenvalue weighted by atomic mass is 16.5. The van der Waals surface area contributed by atoms with Crippen molar-refractivity contribution in [3.8, 4) is 5.75 Å². The Bertz CT molecular complexity index is 771. The van der Waals surface area contributed by atoms with Gasteiger partial charge in [0.2, 0.25) is 0 Å². The lowest BCUT2D eigenvalue weighted by Gasteiger charge is -2.07. The van der Waals surface area contributed by atoms with Crippen molar-refractivity contribution in [1.82, 2.24) is 14.6 Å². The van der Waals surface area contributed by atoms with Crippen molar-refractivity contribution in [1.29, 1.82) is 0 Å². The van der Waals surface area contributed by atoms with Gasteiger partial charge in [-0.15, -0.1) is 10.2 Å². The largest absolute Gasteiger partial charge is 0.494 e. The van der Waals surface area contributed by atoms with Gasteiger partial charge in [-0.2, -0.15) is 0 Å². The van der Waals surface area contributed by atoms with Crippen molar-refractivity contribution in [2.24, 2.45) is 0 Å². The van der Waals surface area contributed by atoms with Gasteiger partial charge < -0.3 is 9.47 Å². The van der Waals surface area contributed by atoms with Crippen LogP contribution in [0.4, 0.5) is 0 Å². The van der Waals surface area contributed by atoms with Gasteiger partial charge >= 0.3 is 5.97 Å². The van der Waals surface area contributed by atoms with E-state index in [2.05, 4.69) is 10.2 Å². The molecule has 0 fully saturated rings. The third-order valence-electron chi connectivity index (χ3n) is 3.31. The molecule has 6 nitrogen and oxygen atoms in total. The Kier molecular flexibility index (Phi) is 4.83. The van der Waals surface area contributed by atoms with E-state index in [-0.39, 0.29) is 5.97 Å². The molecule has 0 unspecified atom stereocenters. The minimum Gasteiger partial charge on any atom is -0.494 e. The molecule has 1 aromatic carbocycles. The summed E-state index contributed by atoms with van der Waals surface area (Å²) in [4.78, 5) is 12.0. The number of benzene rings is 1. The third kappa shape index (κ3) is 4.06. The fourth-order valence-corrected chi connectivity index (χ4v) is 2.11. The Morgan fingerprint density at radius 2 is 1.87 bits per heavy atom. The van der Waals surface area contributed by atoms with Crippen LogP contribution in [-0.4, -0.2) is 33.8 Å². The topological polar surface area (TPSA) is 65.7 Å². The van der Waals surface area contributed by atoms with E-state index < -0.39 is 0 Å². The van der Waals surface area contributed by atoms with E-state index in [1.165, 1.54) is 0 Å². The molecule has 0 saturated heterocycles. The summed E-state index contributed by atoms with van der Waals surface area (Å²) >= 11 is 0. The lowest BCUT2D eigenvalue weighted by atomic mass is 10.3. The maximum Gasteiger partial charge on any atom is 0.339 e. The van der Waals surface area contributed by atoms with Crippen LogP contribution in [0.2, 0.25) is 0 Å². The van der Waals surface area contributed by atoms with Gasteiger partial charge in [-0.05, 0) is 37.1 Å². The minimum absolute atomic E-state index is 0.343. The Morgan fingerprint density at radius 3 is 2.74 bits per heavy atom. The quantitative estimate of drug-likeness (QED) is 0.496. The van der Waals surface area contributed by atoms with Crippen LogP contribution in [0.25, 0.3) is 5.65 Å². The number of fused-ring (bicyclic) bond motifs is 1. The van der Waals surface area contributed by atoms with Crippen molar-refractivity contribution in [2.75, 3.05) is 13.2 Å². The predicted molar refractivity (Wildman–Crippen MR) is 84.4 cm³/mol. The highest BCUT2D eigenvalue weighted by molar-refractivity contribution is 5.89. The molecule has 0 N–H and O–H groups in total. The molecule has 0 aliphatic carbocycles. The predicted octanol–water partition coefficient (Wildman–Crippen LogP) is 2.75. The number of hydrogen-bond acceptors (Lipinski definition) is 5. The van der Waals surface area contributed by atoms with Crippen molar-refractivity contribution in [3.63, 3.8) is 0 Å². The lowest BCUT2D eigenvalue weighted by Crippen LogP contribution is -2.08. The monoisotopic (exact) mass is 311 g/mol. The van der Waals surface area contributed by atoms with E-state index in [1.54, 1.807) is 29.1 Å². The van der Waals surface area contributed by atoms with E-state index in [9.17, 15) is 4.79 Å². The van der Waals surface area contributed by atoms with Gasteiger partial charge in [-0.3, -0.25) is 4.40 Å². The molecule has 2 heterocycles. The number of ether oxygens (including phenoxy) is 2. The molecule has 0 aliphatic heterocycles. The fourth-order valence-electron chi connectivity index (χ4n) is 2.11. The van der Waals surface area contributed by atoms with Crippen LogP contribution in [0.3, 0.4) is 0 Å². The first kappa shape index (κ1) is 15.0. The Labute approximate surface area is 133 Å². The summed E-state index contributed by atoms with van der Waals surface area (Å²) in [6.07, 6.45) is 4.79.